The van der Waals surface area contributed by atoms with E-state index < -0.39 is 24.0 Å². The van der Waals surface area contributed by atoms with Crippen LogP contribution in [0.25, 0.3) is 0 Å². The van der Waals surface area contributed by atoms with Gasteiger partial charge in [-0.2, -0.15) is 10.5 Å². The molecule has 0 heterocycles. The number of hydrogen-bond donors (Lipinski definition) is 4. The van der Waals surface area contributed by atoms with Gasteiger partial charge >= 0.3 is 0 Å². The Balaban J connectivity index is 3.81. The molecule has 0 aliphatic heterocycles. The van der Waals surface area contributed by atoms with E-state index in [9.17, 15) is 19.8 Å². The fourth-order valence-electron chi connectivity index (χ4n) is 2.28. The summed E-state index contributed by atoms with van der Waals surface area (Å²) in [5, 5.41) is 41.3. The zero-order valence-electron chi connectivity index (χ0n) is 15.2. The first-order valence-electron chi connectivity index (χ1n) is 9.20. The number of rotatable bonds is 15. The summed E-state index contributed by atoms with van der Waals surface area (Å²) in [6.45, 7) is 0.693. The minimum atomic E-state index is -1.80. The first kappa shape index (κ1) is 23.8. The number of hydrogen-bond acceptors (Lipinski definition) is 6. The second-order valence-corrected chi connectivity index (χ2v) is 6.12. The molecule has 2 unspecified atom stereocenters. The third-order valence-electron chi connectivity index (χ3n) is 3.87. The molecule has 0 aliphatic rings. The van der Waals surface area contributed by atoms with Gasteiger partial charge in [-0.25, -0.2) is 0 Å². The van der Waals surface area contributed by atoms with E-state index in [-0.39, 0.29) is 0 Å². The van der Waals surface area contributed by atoms with Crippen LogP contribution >= 0.6 is 0 Å². The van der Waals surface area contributed by atoms with Gasteiger partial charge in [-0.1, -0.05) is 25.7 Å². The van der Waals surface area contributed by atoms with E-state index in [4.69, 9.17) is 10.5 Å². The highest BCUT2D eigenvalue weighted by Crippen LogP contribution is 2.03. The van der Waals surface area contributed by atoms with Gasteiger partial charge in [0.2, 0.25) is 0 Å². The predicted octanol–water partition coefficient (Wildman–Crippen LogP) is 0.889. The maximum Gasteiger partial charge on any atom is 0.252 e. The molecule has 2 atom stereocenters. The van der Waals surface area contributed by atoms with Gasteiger partial charge in [-0.3, -0.25) is 9.59 Å². The van der Waals surface area contributed by atoms with E-state index in [1.165, 1.54) is 0 Å². The maximum absolute atomic E-state index is 11.7. The standard InChI is InChI=1S/C18H30N4O4/c19-11-7-3-1-5-9-13-21-17(25)15(23)16(24)18(26)22-14-10-6-2-4-8-12-20/h15-16,23-24H,1-10,13-14H2,(H,21,25)(H,22,26). The Bertz CT molecular complexity index is 441. The topological polar surface area (TPSA) is 146 Å². The molecule has 0 fully saturated rings. The van der Waals surface area contributed by atoms with Crippen molar-refractivity contribution < 1.29 is 19.8 Å². The summed E-state index contributed by atoms with van der Waals surface area (Å²) < 4.78 is 0. The first-order chi connectivity index (χ1) is 12.5. The van der Waals surface area contributed by atoms with Crippen LogP contribution in [-0.2, 0) is 9.59 Å². The first-order valence-corrected chi connectivity index (χ1v) is 9.20. The third kappa shape index (κ3) is 12.2. The van der Waals surface area contributed by atoms with E-state index in [2.05, 4.69) is 22.8 Å². The van der Waals surface area contributed by atoms with Gasteiger partial charge in [-0.05, 0) is 25.7 Å². The van der Waals surface area contributed by atoms with Crippen LogP contribution in [0.5, 0.6) is 0 Å². The fourth-order valence-corrected chi connectivity index (χ4v) is 2.28. The van der Waals surface area contributed by atoms with Crippen molar-refractivity contribution in [2.75, 3.05) is 13.1 Å². The van der Waals surface area contributed by atoms with Crippen LogP contribution in [0.3, 0.4) is 0 Å². The minimum absolute atomic E-state index is 0.347. The molecule has 0 radical (unpaired) electrons. The van der Waals surface area contributed by atoms with Gasteiger partial charge in [-0.15, -0.1) is 0 Å². The number of unbranched alkanes of at least 4 members (excludes halogenated alkanes) is 8. The highest BCUT2D eigenvalue weighted by molar-refractivity contribution is 5.90. The lowest BCUT2D eigenvalue weighted by atomic mass is 10.1. The summed E-state index contributed by atoms with van der Waals surface area (Å²) in [5.41, 5.74) is 0. The van der Waals surface area contributed by atoms with Gasteiger partial charge in [0.15, 0.2) is 12.2 Å². The monoisotopic (exact) mass is 366 g/mol. The predicted molar refractivity (Wildman–Crippen MR) is 95.4 cm³/mol. The quantitative estimate of drug-likeness (QED) is 0.317. The number of nitrogens with one attached hydrogen (secondary N) is 2. The molecule has 0 aliphatic carbocycles. The molecule has 146 valence electrons. The number of nitriles is 2. The summed E-state index contributed by atoms with van der Waals surface area (Å²) in [4.78, 5) is 23.5. The van der Waals surface area contributed by atoms with Gasteiger partial charge in [0.05, 0.1) is 12.1 Å². The van der Waals surface area contributed by atoms with Crippen LogP contribution in [0.4, 0.5) is 0 Å². The summed E-state index contributed by atoms with van der Waals surface area (Å²) >= 11 is 0. The Morgan fingerprint density at radius 2 is 1.04 bits per heavy atom. The Labute approximate surface area is 155 Å². The van der Waals surface area contributed by atoms with Crippen molar-refractivity contribution in [3.63, 3.8) is 0 Å². The summed E-state index contributed by atoms with van der Waals surface area (Å²) in [7, 11) is 0. The molecule has 8 heteroatoms. The number of nitrogens with zero attached hydrogens (tertiary/aromatic N) is 2. The van der Waals surface area contributed by atoms with E-state index in [1.807, 2.05) is 0 Å². The van der Waals surface area contributed by atoms with Crippen LogP contribution in [0.1, 0.15) is 64.2 Å². The lowest BCUT2D eigenvalue weighted by Crippen LogP contribution is -2.49. The smallest absolute Gasteiger partial charge is 0.252 e. The van der Waals surface area contributed by atoms with Crippen molar-refractivity contribution >= 4 is 11.8 Å². The molecule has 26 heavy (non-hydrogen) atoms. The van der Waals surface area contributed by atoms with Crippen molar-refractivity contribution in [2.45, 2.75) is 76.4 Å². The molecular formula is C18H30N4O4. The van der Waals surface area contributed by atoms with Crippen molar-refractivity contribution in [2.24, 2.45) is 0 Å². The van der Waals surface area contributed by atoms with Crippen molar-refractivity contribution in [3.05, 3.63) is 0 Å². The lowest BCUT2D eigenvalue weighted by Gasteiger charge is -2.17. The highest BCUT2D eigenvalue weighted by atomic mass is 16.3. The van der Waals surface area contributed by atoms with Crippen LogP contribution < -0.4 is 10.6 Å². The Hall–Kier alpha value is -2.16. The van der Waals surface area contributed by atoms with E-state index in [0.29, 0.717) is 38.8 Å². The largest absolute Gasteiger partial charge is 0.380 e. The number of aliphatic hydroxyl groups is 2. The molecule has 0 aromatic carbocycles. The fraction of sp³-hybridized carbons (Fsp3) is 0.778. The Kier molecular flexibility index (Phi) is 15.0. The molecule has 0 aromatic rings. The van der Waals surface area contributed by atoms with E-state index >= 15 is 0 Å². The van der Waals surface area contributed by atoms with Crippen molar-refractivity contribution in [3.8, 4) is 12.1 Å². The molecule has 0 saturated heterocycles. The van der Waals surface area contributed by atoms with Crippen LogP contribution in [0, 0.1) is 22.7 Å². The summed E-state index contributed by atoms with van der Waals surface area (Å²) in [5.74, 6) is -1.55. The molecule has 4 N–H and O–H groups in total. The van der Waals surface area contributed by atoms with Crippen LogP contribution in [0.15, 0.2) is 0 Å². The molecule has 8 nitrogen and oxygen atoms in total. The molecule has 0 bridgehead atoms. The van der Waals surface area contributed by atoms with Gasteiger partial charge in [0.1, 0.15) is 0 Å². The Morgan fingerprint density at radius 1 is 0.692 bits per heavy atom. The average Bonchev–Trinajstić information content (AvgIpc) is 2.64. The number of amides is 2. The maximum atomic E-state index is 11.7. The minimum Gasteiger partial charge on any atom is -0.380 e. The lowest BCUT2D eigenvalue weighted by molar-refractivity contribution is -0.146. The molecule has 0 spiro atoms. The molecule has 0 saturated carbocycles. The van der Waals surface area contributed by atoms with Crippen LogP contribution in [-0.4, -0.2) is 47.3 Å². The molecule has 0 aromatic heterocycles. The molecule has 2 amide bonds. The third-order valence-corrected chi connectivity index (χ3v) is 3.87. The SMILES string of the molecule is N#CCCCCCCNC(=O)C(O)C(O)C(=O)NCCCCCCC#N. The van der Waals surface area contributed by atoms with Crippen molar-refractivity contribution in [1.82, 2.24) is 10.6 Å². The molecule has 0 rings (SSSR count). The second kappa shape index (κ2) is 16.3. The summed E-state index contributed by atoms with van der Waals surface area (Å²) in [6, 6.07) is 4.13. The van der Waals surface area contributed by atoms with Gasteiger partial charge in [0.25, 0.3) is 11.8 Å². The zero-order valence-corrected chi connectivity index (χ0v) is 15.2. The zero-order chi connectivity index (χ0) is 19.6. The highest BCUT2D eigenvalue weighted by Gasteiger charge is 2.29. The number of carbonyl (C=O) groups is 2. The number of aliphatic hydroxyl groups excluding tert-OH is 2. The van der Waals surface area contributed by atoms with E-state index in [0.717, 1.165) is 38.5 Å². The van der Waals surface area contributed by atoms with Crippen molar-refractivity contribution in [1.29, 1.82) is 10.5 Å². The van der Waals surface area contributed by atoms with Gasteiger partial charge in [0, 0.05) is 25.9 Å². The normalized spacial score (nSPS) is 12.5. The van der Waals surface area contributed by atoms with Gasteiger partial charge < -0.3 is 20.8 Å². The molecular weight excluding hydrogens is 336 g/mol. The average molecular weight is 366 g/mol. The number of carbonyl (C=O) groups excluding carboxylic acids is 2. The summed E-state index contributed by atoms with van der Waals surface area (Å²) in [6.07, 6.45) is 4.00. The second-order valence-electron chi connectivity index (χ2n) is 6.12. The Morgan fingerprint density at radius 3 is 1.38 bits per heavy atom. The van der Waals surface area contributed by atoms with E-state index in [1.54, 1.807) is 0 Å². The van der Waals surface area contributed by atoms with Crippen LogP contribution in [0.2, 0.25) is 0 Å².